The van der Waals surface area contributed by atoms with Gasteiger partial charge in [0.1, 0.15) is 5.75 Å². The molecule has 3 aromatic carbocycles. The van der Waals surface area contributed by atoms with Gasteiger partial charge in [-0.25, -0.2) is 10.4 Å². The summed E-state index contributed by atoms with van der Waals surface area (Å²) >= 11 is 0. The van der Waals surface area contributed by atoms with Gasteiger partial charge < -0.3 is 14.2 Å². The number of ether oxygens (including phenoxy) is 3. The van der Waals surface area contributed by atoms with E-state index in [1.807, 2.05) is 60.7 Å². The van der Waals surface area contributed by atoms with Gasteiger partial charge in [-0.3, -0.25) is 4.79 Å². The summed E-state index contributed by atoms with van der Waals surface area (Å²) < 4.78 is 16.4. The Bertz CT molecular complexity index is 1350. The van der Waals surface area contributed by atoms with Crippen molar-refractivity contribution >= 4 is 23.0 Å². The first kappa shape index (κ1) is 23.8. The molecule has 0 unspecified atom stereocenters. The second-order valence-corrected chi connectivity index (χ2v) is 7.73. The van der Waals surface area contributed by atoms with Crippen molar-refractivity contribution in [2.45, 2.75) is 13.3 Å². The van der Waals surface area contributed by atoms with Crippen molar-refractivity contribution in [3.8, 4) is 28.5 Å². The van der Waals surface area contributed by atoms with Crippen LogP contribution in [0.4, 0.5) is 0 Å². The van der Waals surface area contributed by atoms with Crippen molar-refractivity contribution in [3.63, 3.8) is 0 Å². The zero-order valence-electron chi connectivity index (χ0n) is 19.9. The highest BCUT2D eigenvalue weighted by Crippen LogP contribution is 2.29. The Morgan fingerprint density at radius 1 is 1.00 bits per heavy atom. The summed E-state index contributed by atoms with van der Waals surface area (Å²) in [5.74, 6) is 1.58. The summed E-state index contributed by atoms with van der Waals surface area (Å²) in [5.41, 5.74) is 6.08. The van der Waals surface area contributed by atoms with Crippen molar-refractivity contribution < 1.29 is 19.0 Å². The standard InChI is InChI=1S/C28H27N3O4/c1-4-16-35-21-14-12-19(13-15-21)25-17-23(22-9-5-6-10-24(22)30-25)28(32)31-29-18-20-8-7-11-26(33-2)27(20)34-3/h5-15,17-18H,4,16H2,1-3H3,(H,31,32)/b29-18+. The number of para-hydroxylation sites is 2. The van der Waals surface area contributed by atoms with Crippen LogP contribution in [0.1, 0.15) is 29.3 Å². The molecule has 0 fully saturated rings. The van der Waals surface area contributed by atoms with E-state index in [-0.39, 0.29) is 5.91 Å². The van der Waals surface area contributed by atoms with Crippen molar-refractivity contribution in [2.24, 2.45) is 5.10 Å². The number of nitrogens with one attached hydrogen (secondary N) is 1. The fourth-order valence-corrected chi connectivity index (χ4v) is 3.69. The van der Waals surface area contributed by atoms with Gasteiger partial charge in [0, 0.05) is 16.5 Å². The lowest BCUT2D eigenvalue weighted by Gasteiger charge is -2.11. The number of methoxy groups -OCH3 is 2. The molecule has 0 saturated heterocycles. The highest BCUT2D eigenvalue weighted by atomic mass is 16.5. The summed E-state index contributed by atoms with van der Waals surface area (Å²) in [6.45, 7) is 2.73. The molecule has 1 N–H and O–H groups in total. The van der Waals surface area contributed by atoms with Crippen LogP contribution in [0.5, 0.6) is 17.2 Å². The van der Waals surface area contributed by atoms with Crippen LogP contribution in [0.2, 0.25) is 0 Å². The van der Waals surface area contributed by atoms with Crippen molar-refractivity contribution in [2.75, 3.05) is 20.8 Å². The predicted octanol–water partition coefficient (Wildman–Crippen LogP) is 5.47. The molecule has 7 heteroatoms. The predicted molar refractivity (Wildman–Crippen MR) is 138 cm³/mol. The summed E-state index contributed by atoms with van der Waals surface area (Å²) in [7, 11) is 3.12. The fourth-order valence-electron chi connectivity index (χ4n) is 3.69. The SMILES string of the molecule is CCCOc1ccc(-c2cc(C(=O)N/N=C/c3cccc(OC)c3OC)c3ccccc3n2)cc1. The summed E-state index contributed by atoms with van der Waals surface area (Å²) in [6.07, 6.45) is 2.47. The molecule has 1 amide bonds. The first-order valence-corrected chi connectivity index (χ1v) is 11.3. The highest BCUT2D eigenvalue weighted by molar-refractivity contribution is 6.07. The van der Waals surface area contributed by atoms with Gasteiger partial charge in [-0.1, -0.05) is 31.2 Å². The van der Waals surface area contributed by atoms with Gasteiger partial charge in [0.15, 0.2) is 11.5 Å². The number of hydrazone groups is 1. The molecule has 35 heavy (non-hydrogen) atoms. The average Bonchev–Trinajstić information content (AvgIpc) is 2.91. The average molecular weight is 470 g/mol. The Balaban J connectivity index is 1.62. The molecule has 0 aliphatic rings. The lowest BCUT2D eigenvalue weighted by atomic mass is 10.0. The van der Waals surface area contributed by atoms with Crippen molar-refractivity contribution in [1.82, 2.24) is 10.4 Å². The second-order valence-electron chi connectivity index (χ2n) is 7.73. The zero-order chi connectivity index (χ0) is 24.6. The quantitative estimate of drug-likeness (QED) is 0.260. The maximum Gasteiger partial charge on any atom is 0.272 e. The number of rotatable bonds is 9. The van der Waals surface area contributed by atoms with E-state index in [1.165, 1.54) is 6.21 Å². The van der Waals surface area contributed by atoms with Crippen LogP contribution >= 0.6 is 0 Å². The van der Waals surface area contributed by atoms with Gasteiger partial charge in [0.05, 0.1) is 43.8 Å². The van der Waals surface area contributed by atoms with E-state index in [1.54, 1.807) is 26.4 Å². The van der Waals surface area contributed by atoms with Gasteiger partial charge in [-0.15, -0.1) is 0 Å². The lowest BCUT2D eigenvalue weighted by Crippen LogP contribution is -2.18. The van der Waals surface area contributed by atoms with Crippen molar-refractivity contribution in [1.29, 1.82) is 0 Å². The minimum Gasteiger partial charge on any atom is -0.494 e. The van der Waals surface area contributed by atoms with Gasteiger partial charge in [-0.05, 0) is 55.0 Å². The van der Waals surface area contributed by atoms with E-state index in [4.69, 9.17) is 19.2 Å². The Labute approximate surface area is 204 Å². The maximum absolute atomic E-state index is 13.2. The molecule has 0 atom stereocenters. The highest BCUT2D eigenvalue weighted by Gasteiger charge is 2.14. The van der Waals surface area contributed by atoms with Crippen LogP contribution in [-0.4, -0.2) is 37.9 Å². The third-order valence-corrected chi connectivity index (χ3v) is 5.39. The van der Waals surface area contributed by atoms with Crippen LogP contribution in [-0.2, 0) is 0 Å². The number of fused-ring (bicyclic) bond motifs is 1. The summed E-state index contributed by atoms with van der Waals surface area (Å²) in [6, 6.07) is 22.5. The first-order chi connectivity index (χ1) is 17.1. The minimum absolute atomic E-state index is 0.342. The summed E-state index contributed by atoms with van der Waals surface area (Å²) in [5, 5.41) is 4.90. The van der Waals surface area contributed by atoms with Gasteiger partial charge in [0.2, 0.25) is 0 Å². The maximum atomic E-state index is 13.2. The monoisotopic (exact) mass is 469 g/mol. The van der Waals surface area contributed by atoms with Gasteiger partial charge in [-0.2, -0.15) is 5.10 Å². The fraction of sp³-hybridized carbons (Fsp3) is 0.179. The molecule has 0 spiro atoms. The molecule has 0 bridgehead atoms. The third-order valence-electron chi connectivity index (χ3n) is 5.39. The summed E-state index contributed by atoms with van der Waals surface area (Å²) in [4.78, 5) is 17.9. The number of hydrogen-bond acceptors (Lipinski definition) is 6. The Morgan fingerprint density at radius 2 is 1.80 bits per heavy atom. The van der Waals surface area contributed by atoms with E-state index in [2.05, 4.69) is 17.5 Å². The number of aromatic nitrogens is 1. The number of hydrogen-bond donors (Lipinski definition) is 1. The van der Waals surface area contributed by atoms with E-state index in [0.29, 0.717) is 34.9 Å². The molecule has 178 valence electrons. The molecule has 0 saturated carbocycles. The molecule has 7 nitrogen and oxygen atoms in total. The topological polar surface area (TPSA) is 82.0 Å². The van der Waals surface area contributed by atoms with Gasteiger partial charge in [0.25, 0.3) is 5.91 Å². The number of nitrogens with zero attached hydrogens (tertiary/aromatic N) is 2. The minimum atomic E-state index is -0.342. The number of carbonyl (C=O) groups is 1. The number of amides is 1. The Hall–Kier alpha value is -4.39. The largest absolute Gasteiger partial charge is 0.494 e. The van der Waals surface area contributed by atoms with Crippen LogP contribution in [0, 0.1) is 0 Å². The number of carbonyl (C=O) groups excluding carboxylic acids is 1. The van der Waals surface area contributed by atoms with Crippen LogP contribution in [0.25, 0.3) is 22.2 Å². The number of benzene rings is 3. The Kier molecular flexibility index (Phi) is 7.57. The van der Waals surface area contributed by atoms with E-state index >= 15 is 0 Å². The smallest absolute Gasteiger partial charge is 0.272 e. The van der Waals surface area contributed by atoms with Crippen molar-refractivity contribution in [3.05, 3.63) is 83.9 Å². The molecular formula is C28H27N3O4. The van der Waals surface area contributed by atoms with E-state index in [9.17, 15) is 4.79 Å². The Morgan fingerprint density at radius 3 is 2.54 bits per heavy atom. The van der Waals surface area contributed by atoms with Gasteiger partial charge >= 0.3 is 0 Å². The van der Waals surface area contributed by atoms with Crippen LogP contribution in [0.3, 0.4) is 0 Å². The van der Waals surface area contributed by atoms with Crippen LogP contribution in [0.15, 0.2) is 77.9 Å². The molecule has 1 heterocycles. The molecular weight excluding hydrogens is 442 g/mol. The molecule has 0 radical (unpaired) electrons. The second kappa shape index (κ2) is 11.2. The molecule has 0 aliphatic heterocycles. The molecule has 1 aromatic heterocycles. The molecule has 0 aliphatic carbocycles. The van der Waals surface area contributed by atoms with E-state index < -0.39 is 0 Å². The molecule has 4 aromatic rings. The van der Waals surface area contributed by atoms with E-state index in [0.717, 1.165) is 28.6 Å². The normalized spacial score (nSPS) is 10.9. The zero-order valence-corrected chi connectivity index (χ0v) is 19.9. The third kappa shape index (κ3) is 5.41. The van der Waals surface area contributed by atoms with Crippen LogP contribution < -0.4 is 19.6 Å². The lowest BCUT2D eigenvalue weighted by molar-refractivity contribution is 0.0956. The first-order valence-electron chi connectivity index (χ1n) is 11.3. The molecule has 4 rings (SSSR count). The number of pyridine rings is 1.